The molecule has 0 fully saturated rings. The number of nitrogen functional groups attached to an aromatic ring is 1. The molecule has 62 valence electrons. The summed E-state index contributed by atoms with van der Waals surface area (Å²) in [6.45, 7) is 0. The van der Waals surface area contributed by atoms with Gasteiger partial charge in [0.15, 0.2) is 5.75 Å². The summed E-state index contributed by atoms with van der Waals surface area (Å²) < 4.78 is 0.632. The van der Waals surface area contributed by atoms with Gasteiger partial charge in [-0.15, -0.1) is 11.3 Å². The molecule has 0 unspecified atom stereocenters. The fraction of sp³-hybridized carbons (Fsp3) is 0. The van der Waals surface area contributed by atoms with Crippen LogP contribution in [0.4, 0.5) is 5.69 Å². The third kappa shape index (κ3) is 0.816. The van der Waals surface area contributed by atoms with Crippen LogP contribution in [0.5, 0.6) is 11.5 Å². The first kappa shape index (κ1) is 7.24. The molecular weight excluding hydrogens is 174 g/mol. The maximum atomic E-state index is 9.45. The molecule has 4 heteroatoms. The zero-order chi connectivity index (χ0) is 8.72. The Bertz CT molecular complexity index is 436. The number of fused-ring (bicyclic) bond motifs is 1. The van der Waals surface area contributed by atoms with E-state index in [9.17, 15) is 10.2 Å². The van der Waals surface area contributed by atoms with Crippen molar-refractivity contribution in [3.63, 3.8) is 0 Å². The van der Waals surface area contributed by atoms with Gasteiger partial charge >= 0.3 is 0 Å². The Kier molecular flexibility index (Phi) is 1.38. The van der Waals surface area contributed by atoms with Crippen molar-refractivity contribution in [2.45, 2.75) is 0 Å². The van der Waals surface area contributed by atoms with Crippen LogP contribution >= 0.6 is 11.3 Å². The Morgan fingerprint density at radius 1 is 1.33 bits per heavy atom. The van der Waals surface area contributed by atoms with Gasteiger partial charge < -0.3 is 15.9 Å². The van der Waals surface area contributed by atoms with Gasteiger partial charge in [0.05, 0.1) is 10.4 Å². The monoisotopic (exact) mass is 181 g/mol. The van der Waals surface area contributed by atoms with E-state index < -0.39 is 0 Å². The SMILES string of the molecule is Nc1cc(O)c2ccsc2c1O. The summed E-state index contributed by atoms with van der Waals surface area (Å²) >= 11 is 1.35. The molecule has 3 nitrogen and oxygen atoms in total. The molecule has 0 amide bonds. The summed E-state index contributed by atoms with van der Waals surface area (Å²) in [5.74, 6) is 0.166. The van der Waals surface area contributed by atoms with Crippen LogP contribution in [0, 0.1) is 0 Å². The minimum atomic E-state index is 0.0535. The number of hydrogen-bond acceptors (Lipinski definition) is 4. The third-order valence-electron chi connectivity index (χ3n) is 1.72. The quantitative estimate of drug-likeness (QED) is 0.330. The minimum Gasteiger partial charge on any atom is -0.507 e. The second-order valence-corrected chi connectivity index (χ2v) is 3.41. The zero-order valence-electron chi connectivity index (χ0n) is 6.11. The van der Waals surface area contributed by atoms with Crippen LogP contribution in [0.15, 0.2) is 17.5 Å². The molecule has 0 bridgehead atoms. The molecule has 1 heterocycles. The Balaban J connectivity index is 2.97. The maximum Gasteiger partial charge on any atom is 0.156 e. The summed E-state index contributed by atoms with van der Waals surface area (Å²) in [4.78, 5) is 0. The highest BCUT2D eigenvalue weighted by atomic mass is 32.1. The largest absolute Gasteiger partial charge is 0.507 e. The molecule has 4 N–H and O–H groups in total. The molecule has 2 aromatic rings. The molecule has 0 radical (unpaired) electrons. The Labute approximate surface area is 72.7 Å². The van der Waals surface area contributed by atoms with Crippen LogP contribution in [-0.4, -0.2) is 10.2 Å². The lowest BCUT2D eigenvalue weighted by Crippen LogP contribution is -1.84. The highest BCUT2D eigenvalue weighted by Gasteiger charge is 2.08. The molecule has 0 saturated carbocycles. The van der Waals surface area contributed by atoms with Crippen molar-refractivity contribution in [2.75, 3.05) is 5.73 Å². The fourth-order valence-electron chi connectivity index (χ4n) is 1.12. The van der Waals surface area contributed by atoms with Crippen molar-refractivity contribution in [1.29, 1.82) is 0 Å². The van der Waals surface area contributed by atoms with Gasteiger partial charge in [0.25, 0.3) is 0 Å². The number of aromatic hydroxyl groups is 2. The molecule has 2 rings (SSSR count). The number of anilines is 1. The van der Waals surface area contributed by atoms with Gasteiger partial charge in [-0.1, -0.05) is 0 Å². The van der Waals surface area contributed by atoms with Gasteiger partial charge in [-0.2, -0.15) is 0 Å². The molecule has 0 spiro atoms. The van der Waals surface area contributed by atoms with Gasteiger partial charge in [-0.05, 0) is 11.4 Å². The summed E-state index contributed by atoms with van der Waals surface area (Å²) in [5.41, 5.74) is 5.65. The highest BCUT2D eigenvalue weighted by molar-refractivity contribution is 7.17. The van der Waals surface area contributed by atoms with Gasteiger partial charge in [0, 0.05) is 11.5 Å². The molecule has 0 aliphatic carbocycles. The van der Waals surface area contributed by atoms with Crippen LogP contribution in [0.1, 0.15) is 0 Å². The number of phenolic OH excluding ortho intramolecular Hbond substituents is 2. The summed E-state index contributed by atoms with van der Waals surface area (Å²) in [6.07, 6.45) is 0. The molecular formula is C8H7NO2S. The third-order valence-corrected chi connectivity index (χ3v) is 2.64. The lowest BCUT2D eigenvalue weighted by molar-refractivity contribution is 0.472. The van der Waals surface area contributed by atoms with Crippen LogP contribution in [0.2, 0.25) is 0 Å². The first-order valence-electron chi connectivity index (χ1n) is 3.38. The lowest BCUT2D eigenvalue weighted by atomic mass is 10.2. The summed E-state index contributed by atoms with van der Waals surface area (Å²) in [6, 6.07) is 3.10. The predicted octanol–water partition coefficient (Wildman–Crippen LogP) is 1.89. The average molecular weight is 181 g/mol. The van der Waals surface area contributed by atoms with E-state index in [-0.39, 0.29) is 17.2 Å². The number of phenols is 2. The van der Waals surface area contributed by atoms with Crippen LogP contribution in [0.3, 0.4) is 0 Å². The van der Waals surface area contributed by atoms with E-state index in [4.69, 9.17) is 5.73 Å². The molecule has 1 aromatic heterocycles. The van der Waals surface area contributed by atoms with E-state index in [0.29, 0.717) is 10.1 Å². The lowest BCUT2D eigenvalue weighted by Gasteiger charge is -2.01. The zero-order valence-corrected chi connectivity index (χ0v) is 6.93. The number of nitrogens with two attached hydrogens (primary N) is 1. The van der Waals surface area contributed by atoms with E-state index in [0.717, 1.165) is 0 Å². The van der Waals surface area contributed by atoms with E-state index in [1.165, 1.54) is 17.4 Å². The first-order valence-corrected chi connectivity index (χ1v) is 4.25. The summed E-state index contributed by atoms with van der Waals surface area (Å²) in [7, 11) is 0. The normalized spacial score (nSPS) is 10.7. The first-order chi connectivity index (χ1) is 5.70. The van der Waals surface area contributed by atoms with Crippen LogP contribution in [0.25, 0.3) is 10.1 Å². The average Bonchev–Trinajstić information content (AvgIpc) is 2.48. The van der Waals surface area contributed by atoms with Crippen molar-refractivity contribution < 1.29 is 10.2 Å². The van der Waals surface area contributed by atoms with Crippen molar-refractivity contribution in [3.8, 4) is 11.5 Å². The van der Waals surface area contributed by atoms with Gasteiger partial charge in [0.1, 0.15) is 5.75 Å². The summed E-state index contributed by atoms with van der Waals surface area (Å²) in [5, 5.41) is 21.3. The number of thiophene rings is 1. The molecule has 12 heavy (non-hydrogen) atoms. The Hall–Kier alpha value is -1.42. The number of benzene rings is 1. The Morgan fingerprint density at radius 3 is 2.83 bits per heavy atom. The van der Waals surface area contributed by atoms with Crippen molar-refractivity contribution in [1.82, 2.24) is 0 Å². The minimum absolute atomic E-state index is 0.0535. The molecule has 0 aliphatic heterocycles. The number of rotatable bonds is 0. The van der Waals surface area contributed by atoms with Gasteiger partial charge in [-0.3, -0.25) is 0 Å². The molecule has 0 saturated heterocycles. The highest BCUT2D eigenvalue weighted by Crippen LogP contribution is 2.39. The Morgan fingerprint density at radius 2 is 2.08 bits per heavy atom. The molecule has 0 aliphatic rings. The van der Waals surface area contributed by atoms with Crippen LogP contribution in [-0.2, 0) is 0 Å². The topological polar surface area (TPSA) is 66.5 Å². The van der Waals surface area contributed by atoms with Crippen molar-refractivity contribution >= 4 is 27.1 Å². The van der Waals surface area contributed by atoms with Gasteiger partial charge in [0.2, 0.25) is 0 Å². The van der Waals surface area contributed by atoms with Crippen molar-refractivity contribution in [2.24, 2.45) is 0 Å². The van der Waals surface area contributed by atoms with Crippen LogP contribution < -0.4 is 5.73 Å². The van der Waals surface area contributed by atoms with E-state index in [1.54, 1.807) is 11.4 Å². The standard InChI is InChI=1S/C8H7NO2S/c9-5-3-6(10)4-1-2-12-8(4)7(5)11/h1-3,10-11H,9H2. The second kappa shape index (κ2) is 2.28. The predicted molar refractivity (Wildman–Crippen MR) is 49.6 cm³/mol. The fourth-order valence-corrected chi connectivity index (χ4v) is 1.99. The van der Waals surface area contributed by atoms with Crippen molar-refractivity contribution in [3.05, 3.63) is 17.5 Å². The maximum absolute atomic E-state index is 9.45. The molecule has 0 atom stereocenters. The smallest absolute Gasteiger partial charge is 0.156 e. The second-order valence-electron chi connectivity index (χ2n) is 2.50. The molecule has 1 aromatic carbocycles. The number of hydrogen-bond donors (Lipinski definition) is 3. The van der Waals surface area contributed by atoms with E-state index in [1.807, 2.05) is 0 Å². The van der Waals surface area contributed by atoms with E-state index >= 15 is 0 Å². The van der Waals surface area contributed by atoms with E-state index in [2.05, 4.69) is 0 Å². The van der Waals surface area contributed by atoms with Gasteiger partial charge in [-0.25, -0.2) is 0 Å².